The lowest BCUT2D eigenvalue weighted by atomic mass is 10.2. The minimum Gasteiger partial charge on any atom is -0.370 e. The second-order valence-corrected chi connectivity index (χ2v) is 6.86. The highest BCUT2D eigenvalue weighted by atomic mass is 32.2. The molecule has 0 bridgehead atoms. The van der Waals surface area contributed by atoms with Crippen LogP contribution in [-0.2, 0) is 19.4 Å². The van der Waals surface area contributed by atoms with E-state index in [2.05, 4.69) is 5.32 Å². The molecule has 7 heteroatoms. The summed E-state index contributed by atoms with van der Waals surface area (Å²) in [6.45, 7) is 3.19. The molecule has 0 saturated carbocycles. The lowest BCUT2D eigenvalue weighted by Crippen LogP contribution is -2.48. The van der Waals surface area contributed by atoms with E-state index in [1.165, 1.54) is 7.11 Å². The second kappa shape index (κ2) is 5.60. The molecule has 1 unspecified atom stereocenters. The van der Waals surface area contributed by atoms with Gasteiger partial charge in [0.25, 0.3) is 0 Å². The molecule has 0 aliphatic heterocycles. The van der Waals surface area contributed by atoms with Crippen LogP contribution in [0, 0.1) is 0 Å². The largest absolute Gasteiger partial charge is 0.370 e. The molecule has 1 amide bonds. The van der Waals surface area contributed by atoms with Crippen molar-refractivity contribution in [2.45, 2.75) is 24.7 Å². The Balaban J connectivity index is 4.42. The highest BCUT2D eigenvalue weighted by Gasteiger charge is 2.31. The molecule has 6 nitrogen and oxygen atoms in total. The number of nitrogens with one attached hydrogen (secondary N) is 1. The van der Waals surface area contributed by atoms with Gasteiger partial charge in [-0.1, -0.05) is 0 Å². The van der Waals surface area contributed by atoms with Crippen molar-refractivity contribution >= 4 is 15.7 Å². The van der Waals surface area contributed by atoms with Crippen molar-refractivity contribution in [2.24, 2.45) is 5.73 Å². The maximum Gasteiger partial charge on any atom is 0.250 e. The molecule has 0 spiro atoms. The number of hydrogen-bond acceptors (Lipinski definition) is 5. The van der Waals surface area contributed by atoms with Crippen LogP contribution in [0.1, 0.15) is 13.8 Å². The number of rotatable bonds is 6. The van der Waals surface area contributed by atoms with Crippen molar-refractivity contribution < 1.29 is 17.9 Å². The minimum atomic E-state index is -3.22. The van der Waals surface area contributed by atoms with Crippen molar-refractivity contribution in [3.63, 3.8) is 0 Å². The Morgan fingerprint density at radius 2 is 2.00 bits per heavy atom. The molecule has 0 radical (unpaired) electrons. The third-order valence-electron chi connectivity index (χ3n) is 2.48. The molecule has 0 saturated heterocycles. The van der Waals surface area contributed by atoms with Gasteiger partial charge >= 0.3 is 0 Å². The highest BCUT2D eigenvalue weighted by molar-refractivity contribution is 7.92. The Kier molecular flexibility index (Phi) is 5.37. The first-order chi connectivity index (χ1) is 7.15. The van der Waals surface area contributed by atoms with Crippen molar-refractivity contribution in [1.29, 1.82) is 0 Å². The molecular weight excluding hydrogens is 232 g/mol. The van der Waals surface area contributed by atoms with Crippen molar-refractivity contribution in [2.75, 3.05) is 26.5 Å². The molecular formula is C9H20N2O4S. The number of methoxy groups -OCH3 is 1. The summed E-state index contributed by atoms with van der Waals surface area (Å²) < 4.78 is 26.6. The molecule has 0 aliphatic rings. The van der Waals surface area contributed by atoms with Gasteiger partial charge < -0.3 is 15.8 Å². The van der Waals surface area contributed by atoms with E-state index in [1.54, 1.807) is 13.8 Å². The van der Waals surface area contributed by atoms with Gasteiger partial charge in [-0.3, -0.25) is 4.79 Å². The average molecular weight is 252 g/mol. The summed E-state index contributed by atoms with van der Waals surface area (Å²) >= 11 is 0. The molecule has 96 valence electrons. The zero-order valence-electron chi connectivity index (χ0n) is 10.1. The van der Waals surface area contributed by atoms with Crippen LogP contribution in [0.5, 0.6) is 0 Å². The van der Waals surface area contributed by atoms with E-state index < -0.39 is 26.6 Å². The van der Waals surface area contributed by atoms with Gasteiger partial charge in [0, 0.05) is 26.5 Å². The molecule has 1 atom stereocenters. The van der Waals surface area contributed by atoms with Crippen LogP contribution in [-0.4, -0.2) is 51.6 Å². The zero-order valence-corrected chi connectivity index (χ0v) is 10.9. The summed E-state index contributed by atoms with van der Waals surface area (Å²) in [7, 11) is -1.85. The van der Waals surface area contributed by atoms with Gasteiger partial charge in [-0.2, -0.15) is 0 Å². The normalized spacial score (nSPS) is 14.6. The highest BCUT2D eigenvalue weighted by Crippen LogP contribution is 2.13. The molecule has 0 aromatic rings. The minimum absolute atomic E-state index is 0.0323. The quantitative estimate of drug-likeness (QED) is 0.625. The number of nitrogens with two attached hydrogens (primary N) is 1. The predicted molar refractivity (Wildman–Crippen MR) is 61.8 cm³/mol. The number of amides is 1. The molecule has 0 rings (SSSR count). The first-order valence-electron chi connectivity index (χ1n) is 4.86. The lowest BCUT2D eigenvalue weighted by Gasteiger charge is -2.24. The first-order valence-corrected chi connectivity index (χ1v) is 6.75. The van der Waals surface area contributed by atoms with Crippen molar-refractivity contribution in [3.8, 4) is 0 Å². The van der Waals surface area contributed by atoms with Gasteiger partial charge in [-0.15, -0.1) is 0 Å². The van der Waals surface area contributed by atoms with Gasteiger partial charge in [0.05, 0.1) is 4.75 Å². The lowest BCUT2D eigenvalue weighted by molar-refractivity contribution is -0.130. The molecule has 3 N–H and O–H groups in total. The van der Waals surface area contributed by atoms with Crippen LogP contribution in [0.2, 0.25) is 0 Å². The van der Waals surface area contributed by atoms with Gasteiger partial charge in [-0.25, -0.2) is 8.42 Å². The van der Waals surface area contributed by atoms with E-state index in [4.69, 9.17) is 10.5 Å². The Morgan fingerprint density at radius 3 is 2.31 bits per heavy atom. The van der Waals surface area contributed by atoms with Gasteiger partial charge in [0.2, 0.25) is 5.91 Å². The summed E-state index contributed by atoms with van der Waals surface area (Å²) in [5.74, 6) is -0.401. The Morgan fingerprint density at radius 1 is 1.50 bits per heavy atom. The number of carbonyl (C=O) groups is 1. The number of ether oxygens (including phenoxy) is 1. The van der Waals surface area contributed by atoms with E-state index in [1.807, 2.05) is 0 Å². The Hall–Kier alpha value is -0.660. The smallest absolute Gasteiger partial charge is 0.250 e. The molecule has 16 heavy (non-hydrogen) atoms. The van der Waals surface area contributed by atoms with Crippen LogP contribution in [0.15, 0.2) is 0 Å². The Labute approximate surface area is 96.4 Å². The van der Waals surface area contributed by atoms with Crippen LogP contribution in [0.25, 0.3) is 0 Å². The predicted octanol–water partition coefficient (Wildman–Crippen LogP) is -1.10. The summed E-state index contributed by atoms with van der Waals surface area (Å²) in [5.41, 5.74) is 5.31. The maximum absolute atomic E-state index is 11.5. The van der Waals surface area contributed by atoms with Gasteiger partial charge in [0.15, 0.2) is 9.84 Å². The van der Waals surface area contributed by atoms with Crippen LogP contribution < -0.4 is 11.1 Å². The monoisotopic (exact) mass is 252 g/mol. The van der Waals surface area contributed by atoms with E-state index in [-0.39, 0.29) is 13.1 Å². The van der Waals surface area contributed by atoms with E-state index >= 15 is 0 Å². The number of hydrogen-bond donors (Lipinski definition) is 2. The summed E-state index contributed by atoms with van der Waals surface area (Å²) in [4.78, 5) is 11.5. The van der Waals surface area contributed by atoms with E-state index in [0.717, 1.165) is 6.26 Å². The van der Waals surface area contributed by atoms with Crippen LogP contribution in [0.4, 0.5) is 0 Å². The van der Waals surface area contributed by atoms with Crippen molar-refractivity contribution in [1.82, 2.24) is 5.32 Å². The third-order valence-corrected chi connectivity index (χ3v) is 4.64. The fourth-order valence-corrected chi connectivity index (χ4v) is 1.19. The summed E-state index contributed by atoms with van der Waals surface area (Å²) in [5, 5.41) is 2.51. The molecule has 0 heterocycles. The van der Waals surface area contributed by atoms with E-state index in [9.17, 15) is 13.2 Å². The molecule has 0 fully saturated rings. The van der Waals surface area contributed by atoms with Gasteiger partial charge in [-0.05, 0) is 13.8 Å². The topological polar surface area (TPSA) is 98.5 Å². The number of sulfone groups is 1. The SMILES string of the molecule is COC(CN)C(=O)NCC(C)(C)S(C)(=O)=O. The molecule has 0 aromatic heterocycles. The third kappa shape index (κ3) is 4.07. The van der Waals surface area contributed by atoms with Gasteiger partial charge in [0.1, 0.15) is 6.10 Å². The summed E-state index contributed by atoms with van der Waals surface area (Å²) in [6.07, 6.45) is 0.394. The fraction of sp³-hybridized carbons (Fsp3) is 0.889. The Bertz CT molecular complexity index is 333. The van der Waals surface area contributed by atoms with E-state index in [0.29, 0.717) is 0 Å². The number of carbonyl (C=O) groups excluding carboxylic acids is 1. The molecule has 0 aromatic carbocycles. The van der Waals surface area contributed by atoms with Crippen LogP contribution in [0.3, 0.4) is 0 Å². The average Bonchev–Trinajstić information content (AvgIpc) is 2.15. The fourth-order valence-electron chi connectivity index (χ4n) is 0.855. The van der Waals surface area contributed by atoms with Crippen LogP contribution >= 0.6 is 0 Å². The second-order valence-electron chi connectivity index (χ2n) is 4.21. The zero-order chi connectivity index (χ0) is 13.0. The maximum atomic E-state index is 11.5. The van der Waals surface area contributed by atoms with Crippen molar-refractivity contribution in [3.05, 3.63) is 0 Å². The first kappa shape index (κ1) is 15.3. The standard InChI is InChI=1S/C9H20N2O4S/c1-9(2,16(4,13)14)6-11-8(12)7(5-10)15-3/h7H,5-6,10H2,1-4H3,(H,11,12). The molecule has 0 aliphatic carbocycles. The summed E-state index contributed by atoms with van der Waals surface area (Å²) in [6, 6.07) is 0.